The van der Waals surface area contributed by atoms with Crippen LogP contribution in [0.3, 0.4) is 0 Å². The SMILES string of the molecule is CC(C)C[C@H](NC(=O)[C@H](CC(=O)O)NC(=O)[C@H](C)NC(=O)[C@H](CCC(N)=O)NC(=O)[C@H](CC(=O)O)NC(=O)[C@H](CC(=O)O)NC(=O)[C@@H](N)CO)C(=O)N[C@@H](CO)C(=O)N[C@@H](CCC(N)=O)C(=O)N[C@@H](CCCCN)C(=O)N[C@H](C(=O)N[C@@H](CCCN=C(N)N)C(=O)N[C@@H](CC(=O)O)C(=O)N[C@@H](Cc1cnc[nH]1)C(=O)O)[C@@H](C)O. The van der Waals surface area contributed by atoms with E-state index in [-0.39, 0.29) is 69.7 Å². The number of aliphatic carboxylic acids is 5. The molecule has 1 rings (SSSR count). The smallest absolute Gasteiger partial charge is 0.326 e. The zero-order valence-corrected chi connectivity index (χ0v) is 61.9. The fraction of sp³-hybridized carbons (Fsp3) is 0.619. The number of carboxylic acid groups (broad SMARTS) is 5. The van der Waals surface area contributed by atoms with Crippen molar-refractivity contribution in [1.29, 1.82) is 0 Å². The highest BCUT2D eigenvalue weighted by Crippen LogP contribution is 2.13. The van der Waals surface area contributed by atoms with E-state index < -0.39 is 280 Å². The van der Waals surface area contributed by atoms with Crippen LogP contribution in [-0.2, 0) is 102 Å². The zero-order chi connectivity index (χ0) is 86.1. The van der Waals surface area contributed by atoms with Gasteiger partial charge in [0.1, 0.15) is 84.6 Å². The molecule has 0 unspecified atom stereocenters. The van der Waals surface area contributed by atoms with E-state index in [2.05, 4.69) is 73.4 Å². The second-order valence-corrected chi connectivity index (χ2v) is 26.0. The quantitative estimate of drug-likeness (QED) is 0.0164. The van der Waals surface area contributed by atoms with E-state index in [1.807, 2.05) is 10.6 Å². The van der Waals surface area contributed by atoms with E-state index in [0.29, 0.717) is 0 Å². The lowest BCUT2D eigenvalue weighted by Crippen LogP contribution is -2.62. The highest BCUT2D eigenvalue weighted by Gasteiger charge is 2.40. The van der Waals surface area contributed by atoms with Gasteiger partial charge >= 0.3 is 29.8 Å². The molecule has 0 aliphatic rings. The molecule has 0 bridgehead atoms. The highest BCUT2D eigenvalue weighted by atomic mass is 16.4. The van der Waals surface area contributed by atoms with Crippen LogP contribution < -0.4 is 104 Å². The van der Waals surface area contributed by atoms with Gasteiger partial charge in [0.25, 0.3) is 0 Å². The van der Waals surface area contributed by atoms with Crippen LogP contribution >= 0.6 is 0 Å². The number of nitrogens with zero attached hydrogens (tertiary/aromatic N) is 2. The van der Waals surface area contributed by atoms with Gasteiger partial charge in [-0.05, 0) is 77.7 Å². The summed E-state index contributed by atoms with van der Waals surface area (Å²) < 4.78 is 0. The highest BCUT2D eigenvalue weighted by molar-refractivity contribution is 6.02. The second-order valence-electron chi connectivity index (χ2n) is 26.0. The summed E-state index contributed by atoms with van der Waals surface area (Å²) in [6.45, 7) is 2.68. The normalized spacial score (nSPS) is 15.0. The topological polar surface area (TPSA) is 857 Å². The third-order valence-corrected chi connectivity index (χ3v) is 15.9. The Morgan fingerprint density at radius 3 is 1.16 bits per heavy atom. The number of rotatable bonds is 56. The van der Waals surface area contributed by atoms with Crippen molar-refractivity contribution in [3.63, 3.8) is 0 Å². The van der Waals surface area contributed by atoms with Crippen molar-refractivity contribution >= 4 is 124 Å². The predicted molar refractivity (Wildman–Crippen MR) is 383 cm³/mol. The molecule has 1 aromatic rings. The van der Waals surface area contributed by atoms with Gasteiger partial charge in [0.15, 0.2) is 5.96 Å². The van der Waals surface area contributed by atoms with Crippen molar-refractivity contribution in [3.8, 4) is 0 Å². The summed E-state index contributed by atoms with van der Waals surface area (Å²) in [5.41, 5.74) is 32.9. The monoisotopic (exact) mass is 1610 g/mol. The lowest BCUT2D eigenvalue weighted by Gasteiger charge is -2.29. The number of aliphatic hydroxyl groups excluding tert-OH is 3. The van der Waals surface area contributed by atoms with Crippen molar-refractivity contribution < 1.29 is 137 Å². The maximum Gasteiger partial charge on any atom is 0.326 e. The first-order valence-electron chi connectivity index (χ1n) is 34.8. The molecule has 0 radical (unpaired) electrons. The standard InChI is InChI=1S/C63H102N22O28/c1-26(2)16-35(80-57(107)36(18-44(91)92)78-49(99)27(3)73-51(101)33(10-12-42(66)89)75-56(106)38(20-46(95)96)82-58(108)37(19-45(93)94)79-50(100)30(65)23-86)55(105)84-41(24-87)60(110)76-34(11-13-43(67)90)53(103)74-31(8-5-6-14-64)54(104)85-48(28(4)88)61(111)77-32(9-7-15-71-63(68)69)52(102)81-39(21-47(97)98)59(109)83-40(62(112)113)17-29-22-70-25-72-29/h22,25-28,30-41,48,86-88H,5-21,23-24,64-65H2,1-4H3,(H2,66,89)(H2,67,90)(H,70,72)(H,73,101)(H,74,103)(H,75,106)(H,76,110)(H,77,111)(H,78,99)(H,79,100)(H,80,107)(H,81,102)(H,82,108)(H,83,109)(H,84,105)(H,85,104)(H,91,92)(H,93,94)(H,95,96)(H,97,98)(H,112,113)(H4,68,69,71)/t27-,28+,30-,31-,32-,33-,34-,35-,36-,37-,38-,39-,40-,41-,48-/m0/s1. The van der Waals surface area contributed by atoms with Gasteiger partial charge < -0.3 is 149 Å². The molecule has 0 fully saturated rings. The predicted octanol–water partition coefficient (Wildman–Crippen LogP) is -13.3. The fourth-order valence-corrected chi connectivity index (χ4v) is 10.0. The molecular weight excluding hydrogens is 1510 g/mol. The Labute approximate surface area is 642 Å². The van der Waals surface area contributed by atoms with E-state index in [9.17, 15) is 137 Å². The first kappa shape index (κ1) is 98.7. The number of nitrogens with two attached hydrogens (primary N) is 6. The summed E-state index contributed by atoms with van der Waals surface area (Å²) in [6.07, 6.45) is -8.08. The Balaban J connectivity index is 3.58. The summed E-state index contributed by atoms with van der Waals surface area (Å²) in [7, 11) is 0. The number of imidazole rings is 1. The van der Waals surface area contributed by atoms with Gasteiger partial charge in [-0.1, -0.05) is 13.8 Å². The Bertz CT molecular complexity index is 3540. The fourth-order valence-electron chi connectivity index (χ4n) is 10.0. The number of primary amides is 2. The van der Waals surface area contributed by atoms with Crippen LogP contribution in [0, 0.1) is 5.92 Å². The molecule has 0 aliphatic heterocycles. The van der Waals surface area contributed by atoms with Crippen LogP contribution in [0.15, 0.2) is 17.5 Å². The minimum absolute atomic E-state index is 0.0346. The number of hydrogen-bond donors (Lipinski definition) is 28. The molecule has 1 heterocycles. The molecule has 0 spiro atoms. The lowest BCUT2D eigenvalue weighted by molar-refractivity contribution is -0.144. The second kappa shape index (κ2) is 50.5. The molecule has 1 aromatic heterocycles. The van der Waals surface area contributed by atoms with Crippen LogP contribution in [0.1, 0.15) is 123 Å². The van der Waals surface area contributed by atoms with Crippen LogP contribution in [0.2, 0.25) is 0 Å². The average Bonchev–Trinajstić information content (AvgIpc) is 0.986. The van der Waals surface area contributed by atoms with E-state index in [0.717, 1.165) is 13.8 Å². The Morgan fingerprint density at radius 2 is 0.779 bits per heavy atom. The maximum atomic E-state index is 14.3. The van der Waals surface area contributed by atoms with Crippen LogP contribution in [0.4, 0.5) is 0 Å². The molecule has 15 atom stereocenters. The van der Waals surface area contributed by atoms with Gasteiger partial charge in [-0.15, -0.1) is 0 Å². The van der Waals surface area contributed by atoms with Gasteiger partial charge in [-0.3, -0.25) is 96.1 Å². The van der Waals surface area contributed by atoms with Gasteiger partial charge in [-0.25, -0.2) is 9.78 Å². The number of guanidine groups is 1. The number of carboxylic acids is 5. The Morgan fingerprint density at radius 1 is 0.425 bits per heavy atom. The number of aromatic nitrogens is 2. The summed E-state index contributed by atoms with van der Waals surface area (Å²) >= 11 is 0. The number of hydrogen-bond acceptors (Lipinski definition) is 27. The maximum absolute atomic E-state index is 14.3. The van der Waals surface area contributed by atoms with Gasteiger partial charge in [0.05, 0.1) is 51.3 Å². The number of unbranched alkanes of at least 4 members (excludes halogenated alkanes) is 1. The number of amides is 15. The van der Waals surface area contributed by atoms with Crippen molar-refractivity contribution in [1.82, 2.24) is 79.1 Å². The Hall–Kier alpha value is -12.3. The van der Waals surface area contributed by atoms with Gasteiger partial charge in [-0.2, -0.15) is 0 Å². The number of H-pyrrole nitrogens is 1. The van der Waals surface area contributed by atoms with Crippen LogP contribution in [0.25, 0.3) is 0 Å². The average molecular weight is 1620 g/mol. The van der Waals surface area contributed by atoms with Crippen LogP contribution in [0.5, 0.6) is 0 Å². The summed E-state index contributed by atoms with van der Waals surface area (Å²) in [6, 6.07) is -26.6. The van der Waals surface area contributed by atoms with Crippen molar-refractivity contribution in [2.45, 2.75) is 215 Å². The molecule has 0 aromatic carbocycles. The molecule has 632 valence electrons. The number of aliphatic hydroxyl groups is 3. The molecule has 34 N–H and O–H groups in total. The van der Waals surface area contributed by atoms with Gasteiger partial charge in [0, 0.05) is 37.7 Å². The number of nitrogens with one attached hydrogen (secondary N) is 14. The number of aromatic amines is 1. The minimum atomic E-state index is -2.17. The van der Waals surface area contributed by atoms with Crippen molar-refractivity contribution in [3.05, 3.63) is 18.2 Å². The number of carbonyl (C=O) groups is 20. The summed E-state index contributed by atoms with van der Waals surface area (Å²) in [5, 5.41) is 107. The first-order valence-corrected chi connectivity index (χ1v) is 34.8. The Kier molecular flexibility index (Phi) is 44.1. The summed E-state index contributed by atoms with van der Waals surface area (Å²) in [4.78, 5) is 272. The molecule has 50 nitrogen and oxygen atoms in total. The van der Waals surface area contributed by atoms with Crippen molar-refractivity contribution in [2.75, 3.05) is 26.3 Å². The molecule has 0 saturated carbocycles. The molecule has 50 heteroatoms. The van der Waals surface area contributed by atoms with E-state index in [1.165, 1.54) is 26.4 Å². The van der Waals surface area contributed by atoms with E-state index in [1.54, 1.807) is 0 Å². The largest absolute Gasteiger partial charge is 0.481 e. The van der Waals surface area contributed by atoms with E-state index in [4.69, 9.17) is 34.4 Å². The van der Waals surface area contributed by atoms with Crippen LogP contribution in [-0.4, -0.2) is 292 Å². The van der Waals surface area contributed by atoms with Crippen molar-refractivity contribution in [2.24, 2.45) is 45.3 Å². The van der Waals surface area contributed by atoms with Gasteiger partial charge in [0.2, 0.25) is 88.6 Å². The zero-order valence-electron chi connectivity index (χ0n) is 61.9. The minimum Gasteiger partial charge on any atom is -0.481 e. The number of aliphatic imine (C=N–C) groups is 1. The summed E-state index contributed by atoms with van der Waals surface area (Å²) in [5.74, 6) is -28.6. The third kappa shape index (κ3) is 38.7. The third-order valence-electron chi connectivity index (χ3n) is 15.9. The molecule has 15 amide bonds. The molecule has 113 heavy (non-hydrogen) atoms. The molecular formula is C63H102N22O28. The number of carbonyl (C=O) groups excluding carboxylic acids is 15. The molecule has 0 aliphatic carbocycles. The van der Waals surface area contributed by atoms with E-state index >= 15 is 0 Å². The lowest BCUT2D eigenvalue weighted by atomic mass is 10.0. The molecule has 0 saturated heterocycles. The first-order chi connectivity index (χ1) is 52.8.